The Morgan fingerprint density at radius 2 is 2.04 bits per heavy atom. The lowest BCUT2D eigenvalue weighted by Crippen LogP contribution is -2.45. The van der Waals surface area contributed by atoms with Gasteiger partial charge in [0.05, 0.1) is 13.1 Å². The summed E-state index contributed by atoms with van der Waals surface area (Å²) in [6.45, 7) is 6.95. The Labute approximate surface area is 142 Å². The van der Waals surface area contributed by atoms with Gasteiger partial charge in [0.1, 0.15) is 12.4 Å². The Kier molecular flexibility index (Phi) is 4.49. The van der Waals surface area contributed by atoms with Crippen molar-refractivity contribution in [2.24, 2.45) is 5.41 Å². The number of carbonyl (C=O) groups is 2. The quantitative estimate of drug-likeness (QED) is 0.913. The summed E-state index contributed by atoms with van der Waals surface area (Å²) in [5.41, 5.74) is 0.749. The minimum absolute atomic E-state index is 0.152. The van der Waals surface area contributed by atoms with Gasteiger partial charge >= 0.3 is 5.97 Å². The summed E-state index contributed by atoms with van der Waals surface area (Å²) >= 11 is 0. The maximum absolute atomic E-state index is 12.8. The van der Waals surface area contributed by atoms with Crippen LogP contribution in [0.5, 0.6) is 5.75 Å². The van der Waals surface area contributed by atoms with Crippen molar-refractivity contribution in [2.75, 3.05) is 32.8 Å². The molecule has 1 fully saturated rings. The molecule has 0 bridgehead atoms. The lowest BCUT2D eigenvalue weighted by atomic mass is 9.93. The molecule has 0 spiro atoms. The van der Waals surface area contributed by atoms with E-state index < -0.39 is 12.0 Å². The predicted molar refractivity (Wildman–Crippen MR) is 88.9 cm³/mol. The number of rotatable bonds is 3. The first kappa shape index (κ1) is 16.8. The summed E-state index contributed by atoms with van der Waals surface area (Å²) in [5.74, 6) is -0.633. The van der Waals surface area contributed by atoms with Gasteiger partial charge in [-0.15, -0.1) is 0 Å². The highest BCUT2D eigenvalue weighted by Crippen LogP contribution is 2.33. The monoisotopic (exact) mass is 332 g/mol. The minimum Gasteiger partial charge on any atom is -0.491 e. The van der Waals surface area contributed by atoms with Crippen molar-refractivity contribution in [3.8, 4) is 5.75 Å². The highest BCUT2D eigenvalue weighted by molar-refractivity contribution is 5.86. The molecule has 1 amide bonds. The maximum Gasteiger partial charge on any atom is 0.331 e. The summed E-state index contributed by atoms with van der Waals surface area (Å²) < 4.78 is 5.64. The number of fused-ring (bicyclic) bond motifs is 1. The molecule has 1 unspecified atom stereocenters. The number of carboxylic acids is 1. The van der Waals surface area contributed by atoms with Crippen LogP contribution < -0.4 is 4.74 Å². The Morgan fingerprint density at radius 3 is 2.71 bits per heavy atom. The Balaban J connectivity index is 1.81. The molecule has 24 heavy (non-hydrogen) atoms. The zero-order valence-electron chi connectivity index (χ0n) is 14.2. The van der Waals surface area contributed by atoms with Crippen LogP contribution in [-0.4, -0.2) is 59.6 Å². The topological polar surface area (TPSA) is 70.1 Å². The molecule has 1 aromatic carbocycles. The lowest BCUT2D eigenvalue weighted by Gasteiger charge is -2.29. The van der Waals surface area contributed by atoms with Crippen LogP contribution >= 0.6 is 0 Å². The Hall–Kier alpha value is -2.08. The molecule has 0 radical (unpaired) electrons. The summed E-state index contributed by atoms with van der Waals surface area (Å²) in [6.07, 6.45) is 1.05. The van der Waals surface area contributed by atoms with E-state index in [0.29, 0.717) is 17.9 Å². The molecule has 2 aliphatic heterocycles. The number of hydrogen-bond acceptors (Lipinski definition) is 4. The second-order valence-corrected chi connectivity index (χ2v) is 7.34. The molecular weight excluding hydrogens is 308 g/mol. The molecule has 1 N–H and O–H groups in total. The number of hydrogen-bond donors (Lipinski definition) is 1. The van der Waals surface area contributed by atoms with Gasteiger partial charge in [-0.25, -0.2) is 4.79 Å². The van der Waals surface area contributed by atoms with Gasteiger partial charge in [-0.3, -0.25) is 9.69 Å². The van der Waals surface area contributed by atoms with Crippen molar-refractivity contribution < 1.29 is 19.4 Å². The van der Waals surface area contributed by atoms with E-state index in [1.807, 2.05) is 6.07 Å². The molecule has 0 aliphatic carbocycles. The van der Waals surface area contributed by atoms with Crippen LogP contribution in [0.3, 0.4) is 0 Å². The second kappa shape index (κ2) is 6.43. The van der Waals surface area contributed by atoms with Crippen LogP contribution in [0.2, 0.25) is 0 Å². The third-order valence-corrected chi connectivity index (χ3v) is 4.78. The van der Waals surface area contributed by atoms with Crippen molar-refractivity contribution in [3.63, 3.8) is 0 Å². The second-order valence-electron chi connectivity index (χ2n) is 7.34. The standard InChI is InChI=1S/C18H24N2O4/c1-18(2)7-8-19(12-18)11-15(21)20-9-10-24-14-6-4-3-5-13(14)16(20)17(22)23/h3-6,16H,7-12H2,1-2H3,(H,22,23). The number of ether oxygens (including phenoxy) is 1. The van der Waals surface area contributed by atoms with Crippen molar-refractivity contribution >= 4 is 11.9 Å². The van der Waals surface area contributed by atoms with Crippen LogP contribution in [0, 0.1) is 5.41 Å². The molecule has 1 atom stereocenters. The number of para-hydroxylation sites is 1. The van der Waals surface area contributed by atoms with Gasteiger partial charge in [0.15, 0.2) is 6.04 Å². The molecular formula is C18H24N2O4. The van der Waals surface area contributed by atoms with Crippen molar-refractivity contribution in [2.45, 2.75) is 26.3 Å². The summed E-state index contributed by atoms with van der Waals surface area (Å²) in [7, 11) is 0. The number of likely N-dealkylation sites (tertiary alicyclic amines) is 1. The molecule has 1 aromatic rings. The fourth-order valence-corrected chi connectivity index (χ4v) is 3.57. The van der Waals surface area contributed by atoms with Crippen molar-refractivity contribution in [1.82, 2.24) is 9.80 Å². The van der Waals surface area contributed by atoms with E-state index in [1.165, 1.54) is 4.90 Å². The van der Waals surface area contributed by atoms with Crippen LogP contribution in [0.4, 0.5) is 0 Å². The summed E-state index contributed by atoms with van der Waals surface area (Å²) in [5, 5.41) is 9.71. The predicted octanol–water partition coefficient (Wildman–Crippen LogP) is 1.77. The van der Waals surface area contributed by atoms with E-state index >= 15 is 0 Å². The molecule has 130 valence electrons. The van der Waals surface area contributed by atoms with E-state index in [-0.39, 0.29) is 24.4 Å². The van der Waals surface area contributed by atoms with E-state index in [9.17, 15) is 14.7 Å². The molecule has 0 aromatic heterocycles. The van der Waals surface area contributed by atoms with E-state index in [2.05, 4.69) is 18.7 Å². The van der Waals surface area contributed by atoms with Crippen LogP contribution in [-0.2, 0) is 9.59 Å². The lowest BCUT2D eigenvalue weighted by molar-refractivity contribution is -0.151. The zero-order valence-corrected chi connectivity index (χ0v) is 14.2. The molecule has 2 aliphatic rings. The molecule has 0 saturated carbocycles. The third kappa shape index (κ3) is 3.38. The fraction of sp³-hybridized carbons (Fsp3) is 0.556. The number of nitrogens with zero attached hydrogens (tertiary/aromatic N) is 2. The zero-order chi connectivity index (χ0) is 17.3. The first-order valence-corrected chi connectivity index (χ1v) is 8.34. The smallest absolute Gasteiger partial charge is 0.331 e. The fourth-order valence-electron chi connectivity index (χ4n) is 3.57. The van der Waals surface area contributed by atoms with Gasteiger partial charge in [0.25, 0.3) is 0 Å². The normalized spacial score (nSPS) is 23.2. The summed E-state index contributed by atoms with van der Waals surface area (Å²) in [4.78, 5) is 28.2. The number of carboxylic acid groups (broad SMARTS) is 1. The minimum atomic E-state index is -1.02. The van der Waals surface area contributed by atoms with E-state index in [4.69, 9.17) is 4.74 Å². The highest BCUT2D eigenvalue weighted by atomic mass is 16.5. The average Bonchev–Trinajstić information content (AvgIpc) is 2.75. The third-order valence-electron chi connectivity index (χ3n) is 4.78. The van der Waals surface area contributed by atoms with Crippen LogP contribution in [0.1, 0.15) is 31.9 Å². The van der Waals surface area contributed by atoms with Crippen molar-refractivity contribution in [1.29, 1.82) is 0 Å². The number of benzene rings is 1. The number of carbonyl (C=O) groups excluding carboxylic acids is 1. The van der Waals surface area contributed by atoms with Gasteiger partial charge in [-0.2, -0.15) is 0 Å². The molecule has 1 saturated heterocycles. The van der Waals surface area contributed by atoms with Gasteiger partial charge < -0.3 is 14.7 Å². The summed E-state index contributed by atoms with van der Waals surface area (Å²) in [6, 6.07) is 6.06. The molecule has 2 heterocycles. The van der Waals surface area contributed by atoms with Crippen molar-refractivity contribution in [3.05, 3.63) is 29.8 Å². The number of amides is 1. The Morgan fingerprint density at radius 1 is 1.29 bits per heavy atom. The van der Waals surface area contributed by atoms with Crippen LogP contribution in [0.15, 0.2) is 24.3 Å². The Bertz CT molecular complexity index is 644. The first-order valence-electron chi connectivity index (χ1n) is 8.34. The van der Waals surface area contributed by atoms with Gasteiger partial charge in [-0.05, 0) is 24.4 Å². The first-order chi connectivity index (χ1) is 11.4. The molecule has 3 rings (SSSR count). The largest absolute Gasteiger partial charge is 0.491 e. The molecule has 6 heteroatoms. The van der Waals surface area contributed by atoms with Gasteiger partial charge in [0.2, 0.25) is 5.91 Å². The van der Waals surface area contributed by atoms with Gasteiger partial charge in [0, 0.05) is 12.1 Å². The highest BCUT2D eigenvalue weighted by Gasteiger charge is 2.37. The maximum atomic E-state index is 12.8. The average molecular weight is 332 g/mol. The van der Waals surface area contributed by atoms with Crippen LogP contribution in [0.25, 0.3) is 0 Å². The number of aliphatic carboxylic acids is 1. The van der Waals surface area contributed by atoms with E-state index in [0.717, 1.165) is 19.5 Å². The SMILES string of the molecule is CC1(C)CCN(CC(=O)N2CCOc3ccccc3C2C(=O)O)C1. The molecule has 6 nitrogen and oxygen atoms in total. The van der Waals surface area contributed by atoms with Gasteiger partial charge in [-0.1, -0.05) is 32.0 Å². The van der Waals surface area contributed by atoms with E-state index in [1.54, 1.807) is 18.2 Å².